The summed E-state index contributed by atoms with van der Waals surface area (Å²) in [6, 6.07) is 20.8. The van der Waals surface area contributed by atoms with Crippen molar-refractivity contribution in [3.63, 3.8) is 0 Å². The quantitative estimate of drug-likeness (QED) is 0.437. The maximum atomic E-state index is 8.77. The zero-order valence-corrected chi connectivity index (χ0v) is 13.4. The molecule has 3 rings (SSSR count). The summed E-state index contributed by atoms with van der Waals surface area (Å²) in [7, 11) is 0. The number of nitriles is 1. The first-order valence-electron chi connectivity index (χ1n) is 7.20. The second kappa shape index (κ2) is 7.31. The van der Waals surface area contributed by atoms with E-state index in [1.54, 1.807) is 30.5 Å². The fraction of sp³-hybridized carbons (Fsp3) is 0. The summed E-state index contributed by atoms with van der Waals surface area (Å²) >= 11 is 5.17. The standard InChI is InChI=1S/C18H13N5S/c19-11-13-5-8-15(9-6-13)22-18(24)23-20-12-16-10-7-14-3-1-2-4-17(14)21-16/h1-10,12H,(H2,22,23,24)/b20-12+. The maximum absolute atomic E-state index is 8.77. The van der Waals surface area contributed by atoms with Crippen molar-refractivity contribution in [3.05, 3.63) is 71.9 Å². The number of hydrogen-bond donors (Lipinski definition) is 2. The molecule has 116 valence electrons. The second-order valence-corrected chi connectivity index (χ2v) is 5.35. The van der Waals surface area contributed by atoms with Crippen LogP contribution in [0.4, 0.5) is 5.69 Å². The molecule has 0 saturated heterocycles. The van der Waals surface area contributed by atoms with E-state index in [-0.39, 0.29) is 0 Å². The van der Waals surface area contributed by atoms with Crippen molar-refractivity contribution in [3.8, 4) is 6.07 Å². The Bertz CT molecular complexity index is 942. The van der Waals surface area contributed by atoms with E-state index in [1.165, 1.54) is 0 Å². The Hall–Kier alpha value is -3.30. The third-order valence-corrected chi connectivity index (χ3v) is 3.45. The smallest absolute Gasteiger partial charge is 0.191 e. The van der Waals surface area contributed by atoms with E-state index in [2.05, 4.69) is 26.9 Å². The number of pyridine rings is 1. The van der Waals surface area contributed by atoms with Crippen LogP contribution >= 0.6 is 12.2 Å². The largest absolute Gasteiger partial charge is 0.331 e. The first kappa shape index (κ1) is 15.6. The summed E-state index contributed by atoms with van der Waals surface area (Å²) in [5.74, 6) is 0. The second-order valence-electron chi connectivity index (χ2n) is 4.94. The highest BCUT2D eigenvalue weighted by atomic mass is 32.1. The zero-order valence-electron chi connectivity index (χ0n) is 12.6. The lowest BCUT2D eigenvalue weighted by Gasteiger charge is -2.06. The Morgan fingerprint density at radius 1 is 1.08 bits per heavy atom. The third-order valence-electron chi connectivity index (χ3n) is 3.25. The summed E-state index contributed by atoms with van der Waals surface area (Å²) < 4.78 is 0. The topological polar surface area (TPSA) is 73.1 Å². The van der Waals surface area contributed by atoms with Gasteiger partial charge in [0.15, 0.2) is 5.11 Å². The van der Waals surface area contributed by atoms with Gasteiger partial charge in [0.05, 0.1) is 29.1 Å². The SMILES string of the molecule is N#Cc1ccc(NC(=S)N/N=C/c2ccc3ccccc3n2)cc1. The van der Waals surface area contributed by atoms with Crippen molar-refractivity contribution in [1.82, 2.24) is 10.4 Å². The van der Waals surface area contributed by atoms with Crippen LogP contribution in [-0.4, -0.2) is 16.3 Å². The van der Waals surface area contributed by atoms with Crippen LogP contribution in [0.25, 0.3) is 10.9 Å². The van der Waals surface area contributed by atoms with Gasteiger partial charge in [-0.15, -0.1) is 0 Å². The zero-order chi connectivity index (χ0) is 16.8. The van der Waals surface area contributed by atoms with Gasteiger partial charge in [0.2, 0.25) is 0 Å². The van der Waals surface area contributed by atoms with E-state index in [1.807, 2.05) is 36.4 Å². The van der Waals surface area contributed by atoms with Gasteiger partial charge in [-0.3, -0.25) is 5.43 Å². The molecule has 3 aromatic rings. The molecule has 6 heteroatoms. The van der Waals surface area contributed by atoms with Crippen molar-refractivity contribution in [2.24, 2.45) is 5.10 Å². The first-order valence-corrected chi connectivity index (χ1v) is 7.61. The minimum absolute atomic E-state index is 0.358. The molecule has 2 aromatic carbocycles. The Kier molecular flexibility index (Phi) is 4.75. The van der Waals surface area contributed by atoms with Crippen LogP contribution in [-0.2, 0) is 0 Å². The van der Waals surface area contributed by atoms with Crippen LogP contribution in [0, 0.1) is 11.3 Å². The fourth-order valence-electron chi connectivity index (χ4n) is 2.10. The number of benzene rings is 2. The van der Waals surface area contributed by atoms with E-state index >= 15 is 0 Å². The maximum Gasteiger partial charge on any atom is 0.191 e. The highest BCUT2D eigenvalue weighted by Crippen LogP contribution is 2.11. The normalized spacial score (nSPS) is 10.5. The molecule has 1 aromatic heterocycles. The molecule has 1 heterocycles. The van der Waals surface area contributed by atoms with Gasteiger partial charge in [0.25, 0.3) is 0 Å². The number of nitrogens with zero attached hydrogens (tertiary/aromatic N) is 3. The molecule has 0 atom stereocenters. The number of rotatable bonds is 3. The molecule has 0 aliphatic rings. The molecule has 0 aliphatic carbocycles. The molecule has 0 fully saturated rings. The van der Waals surface area contributed by atoms with Crippen molar-refractivity contribution < 1.29 is 0 Å². The number of nitrogens with one attached hydrogen (secondary N) is 2. The minimum Gasteiger partial charge on any atom is -0.331 e. The van der Waals surface area contributed by atoms with Crippen molar-refractivity contribution in [2.45, 2.75) is 0 Å². The van der Waals surface area contributed by atoms with E-state index in [4.69, 9.17) is 17.5 Å². The van der Waals surface area contributed by atoms with Gasteiger partial charge in [-0.1, -0.05) is 24.3 Å². The molecular weight excluding hydrogens is 318 g/mol. The molecule has 0 saturated carbocycles. The minimum atomic E-state index is 0.358. The Morgan fingerprint density at radius 2 is 1.88 bits per heavy atom. The number of aromatic nitrogens is 1. The van der Waals surface area contributed by atoms with Crippen molar-refractivity contribution in [2.75, 3.05) is 5.32 Å². The lowest BCUT2D eigenvalue weighted by Crippen LogP contribution is -2.23. The third kappa shape index (κ3) is 3.91. The van der Waals surface area contributed by atoms with E-state index < -0.39 is 0 Å². The van der Waals surface area contributed by atoms with Gasteiger partial charge in [-0.25, -0.2) is 4.98 Å². The van der Waals surface area contributed by atoms with Crippen LogP contribution in [0.2, 0.25) is 0 Å². The van der Waals surface area contributed by atoms with E-state index in [9.17, 15) is 0 Å². The summed E-state index contributed by atoms with van der Waals surface area (Å²) in [6.07, 6.45) is 1.61. The number of hydrogen-bond acceptors (Lipinski definition) is 4. The van der Waals surface area contributed by atoms with Gasteiger partial charge >= 0.3 is 0 Å². The molecule has 0 amide bonds. The number of thiocarbonyl (C=S) groups is 1. The lowest BCUT2D eigenvalue weighted by molar-refractivity contribution is 1.05. The molecule has 0 unspecified atom stereocenters. The van der Waals surface area contributed by atoms with Gasteiger partial charge in [0, 0.05) is 11.1 Å². The average Bonchev–Trinajstić information content (AvgIpc) is 2.62. The number of para-hydroxylation sites is 1. The predicted molar refractivity (Wildman–Crippen MR) is 99.9 cm³/mol. The summed E-state index contributed by atoms with van der Waals surface area (Å²) in [6.45, 7) is 0. The van der Waals surface area contributed by atoms with Gasteiger partial charge in [0.1, 0.15) is 0 Å². The van der Waals surface area contributed by atoms with E-state index in [0.717, 1.165) is 22.3 Å². The van der Waals surface area contributed by atoms with Crippen LogP contribution < -0.4 is 10.7 Å². The molecular formula is C18H13N5S. The van der Waals surface area contributed by atoms with Crippen LogP contribution in [0.1, 0.15) is 11.3 Å². The van der Waals surface area contributed by atoms with Gasteiger partial charge in [-0.05, 0) is 48.6 Å². The fourth-order valence-corrected chi connectivity index (χ4v) is 2.27. The van der Waals surface area contributed by atoms with E-state index in [0.29, 0.717) is 10.7 Å². The molecule has 0 bridgehead atoms. The summed E-state index contributed by atoms with van der Waals surface area (Å²) in [4.78, 5) is 4.49. The Morgan fingerprint density at radius 3 is 2.67 bits per heavy atom. The number of anilines is 1. The molecule has 0 spiro atoms. The summed E-state index contributed by atoms with van der Waals surface area (Å²) in [5, 5.41) is 17.3. The van der Waals surface area contributed by atoms with Crippen LogP contribution in [0.5, 0.6) is 0 Å². The molecule has 0 radical (unpaired) electrons. The van der Waals surface area contributed by atoms with Crippen LogP contribution in [0.15, 0.2) is 65.8 Å². The molecule has 2 N–H and O–H groups in total. The first-order chi connectivity index (χ1) is 11.7. The molecule has 0 aliphatic heterocycles. The Balaban J connectivity index is 1.60. The number of hydrazone groups is 1. The highest BCUT2D eigenvalue weighted by Gasteiger charge is 1.98. The Labute approximate surface area is 144 Å². The van der Waals surface area contributed by atoms with Gasteiger partial charge in [-0.2, -0.15) is 10.4 Å². The average molecular weight is 331 g/mol. The number of fused-ring (bicyclic) bond motifs is 1. The van der Waals surface area contributed by atoms with Crippen LogP contribution in [0.3, 0.4) is 0 Å². The lowest BCUT2D eigenvalue weighted by atomic mass is 10.2. The predicted octanol–water partition coefficient (Wildman–Crippen LogP) is 3.43. The monoisotopic (exact) mass is 331 g/mol. The highest BCUT2D eigenvalue weighted by molar-refractivity contribution is 7.80. The van der Waals surface area contributed by atoms with Gasteiger partial charge < -0.3 is 5.32 Å². The molecule has 24 heavy (non-hydrogen) atoms. The molecule has 5 nitrogen and oxygen atoms in total. The van der Waals surface area contributed by atoms with Crippen molar-refractivity contribution >= 4 is 40.1 Å². The van der Waals surface area contributed by atoms with Crippen molar-refractivity contribution in [1.29, 1.82) is 5.26 Å². The summed E-state index contributed by atoms with van der Waals surface area (Å²) in [5.41, 5.74) is 5.78.